The van der Waals surface area contributed by atoms with E-state index >= 15 is 0 Å². The molecular formula is C22H20N2O6. The highest BCUT2D eigenvalue weighted by Gasteiger charge is 2.16. The first kappa shape index (κ1) is 20.5. The fraction of sp³-hybridized carbons (Fsp3) is 0.0909. The Morgan fingerprint density at radius 1 is 0.833 bits per heavy atom. The number of nitrogens with two attached hydrogens (primary N) is 1. The molecule has 2 aromatic heterocycles. The fourth-order valence-electron chi connectivity index (χ4n) is 2.76. The van der Waals surface area contributed by atoms with E-state index in [1.165, 1.54) is 19.4 Å². The van der Waals surface area contributed by atoms with Crippen molar-refractivity contribution in [2.75, 3.05) is 20.0 Å². The molecule has 0 radical (unpaired) electrons. The van der Waals surface area contributed by atoms with Crippen molar-refractivity contribution in [1.29, 1.82) is 0 Å². The highest BCUT2D eigenvalue weighted by Crippen LogP contribution is 2.32. The molecule has 8 heteroatoms. The Morgan fingerprint density at radius 3 is 1.80 bits per heavy atom. The summed E-state index contributed by atoms with van der Waals surface area (Å²) >= 11 is 0. The number of ether oxygens (including phenoxy) is 2. The van der Waals surface area contributed by atoms with Crippen LogP contribution in [0.2, 0.25) is 0 Å². The number of nitrogen functional groups attached to an aromatic ring is 1. The number of furan rings is 2. The molecule has 0 aliphatic rings. The quantitative estimate of drug-likeness (QED) is 0.267. The van der Waals surface area contributed by atoms with Gasteiger partial charge in [-0.2, -0.15) is 0 Å². The lowest BCUT2D eigenvalue weighted by molar-refractivity contribution is -0.385. The van der Waals surface area contributed by atoms with Crippen molar-refractivity contribution in [3.8, 4) is 34.1 Å². The van der Waals surface area contributed by atoms with Crippen LogP contribution in [-0.2, 0) is 0 Å². The monoisotopic (exact) mass is 408 g/mol. The van der Waals surface area contributed by atoms with Gasteiger partial charge in [-0.15, -0.1) is 0 Å². The molecule has 2 N–H and O–H groups in total. The summed E-state index contributed by atoms with van der Waals surface area (Å²) in [6, 6.07) is 17.5. The van der Waals surface area contributed by atoms with Crippen LogP contribution in [0.5, 0.6) is 11.5 Å². The largest absolute Gasteiger partial charge is 0.495 e. The number of nitro benzene ring substituents is 1. The number of anilines is 1. The molecule has 0 atom stereocenters. The van der Waals surface area contributed by atoms with Gasteiger partial charge in [0.15, 0.2) is 5.75 Å². The minimum atomic E-state index is -0.481. The molecule has 0 fully saturated rings. The topological polar surface area (TPSA) is 114 Å². The number of methoxy groups -OCH3 is 2. The van der Waals surface area contributed by atoms with Crippen LogP contribution in [0.1, 0.15) is 0 Å². The van der Waals surface area contributed by atoms with E-state index in [9.17, 15) is 10.1 Å². The molecule has 0 saturated carbocycles. The summed E-state index contributed by atoms with van der Waals surface area (Å²) < 4.78 is 20.4. The predicted molar refractivity (Wildman–Crippen MR) is 112 cm³/mol. The lowest BCUT2D eigenvalue weighted by Crippen LogP contribution is -1.93. The van der Waals surface area contributed by atoms with Crippen molar-refractivity contribution in [3.63, 3.8) is 0 Å². The van der Waals surface area contributed by atoms with E-state index in [1.807, 2.05) is 30.3 Å². The molecule has 0 amide bonds. The van der Waals surface area contributed by atoms with E-state index in [-0.39, 0.29) is 11.4 Å². The Bertz CT molecular complexity index is 1100. The number of hydrogen-bond donors (Lipinski definition) is 1. The van der Waals surface area contributed by atoms with Crippen LogP contribution >= 0.6 is 0 Å². The number of hydrogen-bond acceptors (Lipinski definition) is 7. The zero-order valence-corrected chi connectivity index (χ0v) is 16.4. The Kier molecular flexibility index (Phi) is 6.39. The summed E-state index contributed by atoms with van der Waals surface area (Å²) in [5.41, 5.74) is 7.91. The van der Waals surface area contributed by atoms with Gasteiger partial charge in [0.25, 0.3) is 0 Å². The summed E-state index contributed by atoms with van der Waals surface area (Å²) in [6.45, 7) is 0. The molecule has 0 saturated heterocycles. The van der Waals surface area contributed by atoms with Gasteiger partial charge in [-0.1, -0.05) is 0 Å². The third kappa shape index (κ3) is 4.61. The van der Waals surface area contributed by atoms with Crippen LogP contribution in [0, 0.1) is 10.1 Å². The lowest BCUT2D eigenvalue weighted by atomic mass is 10.1. The van der Waals surface area contributed by atoms with E-state index in [0.717, 1.165) is 11.3 Å². The molecule has 0 spiro atoms. The summed E-state index contributed by atoms with van der Waals surface area (Å²) in [4.78, 5) is 10.3. The van der Waals surface area contributed by atoms with Crippen LogP contribution in [0.3, 0.4) is 0 Å². The summed E-state index contributed by atoms with van der Waals surface area (Å²) in [6.07, 6.45) is 3.15. The van der Waals surface area contributed by atoms with Crippen LogP contribution in [0.4, 0.5) is 11.4 Å². The Balaban J connectivity index is 0.000000172. The Morgan fingerprint density at radius 2 is 1.37 bits per heavy atom. The van der Waals surface area contributed by atoms with E-state index in [2.05, 4.69) is 0 Å². The van der Waals surface area contributed by atoms with Crippen molar-refractivity contribution in [2.45, 2.75) is 0 Å². The van der Waals surface area contributed by atoms with E-state index in [4.69, 9.17) is 24.0 Å². The molecule has 2 heterocycles. The maximum Gasteiger partial charge on any atom is 0.311 e. The lowest BCUT2D eigenvalue weighted by Gasteiger charge is -2.05. The van der Waals surface area contributed by atoms with Gasteiger partial charge in [-0.05, 0) is 54.6 Å². The van der Waals surface area contributed by atoms with Crippen LogP contribution in [0.15, 0.2) is 82.0 Å². The highest BCUT2D eigenvalue weighted by atomic mass is 16.6. The molecule has 154 valence electrons. The molecule has 0 bridgehead atoms. The first-order valence-electron chi connectivity index (χ1n) is 8.87. The van der Waals surface area contributed by atoms with Crippen molar-refractivity contribution in [2.24, 2.45) is 0 Å². The maximum absolute atomic E-state index is 10.8. The minimum Gasteiger partial charge on any atom is -0.495 e. The van der Waals surface area contributed by atoms with Gasteiger partial charge in [0.05, 0.1) is 37.4 Å². The molecule has 0 unspecified atom stereocenters. The number of nitro groups is 1. The van der Waals surface area contributed by atoms with E-state index in [1.54, 1.807) is 37.6 Å². The summed E-state index contributed by atoms with van der Waals surface area (Å²) in [5.74, 6) is 2.31. The van der Waals surface area contributed by atoms with Gasteiger partial charge >= 0.3 is 5.69 Å². The van der Waals surface area contributed by atoms with Crippen molar-refractivity contribution in [1.82, 2.24) is 0 Å². The average Bonchev–Trinajstić information content (AvgIpc) is 3.48. The second kappa shape index (κ2) is 9.33. The average molecular weight is 408 g/mol. The highest BCUT2D eigenvalue weighted by molar-refractivity contribution is 5.67. The van der Waals surface area contributed by atoms with Gasteiger partial charge in [0, 0.05) is 17.2 Å². The van der Waals surface area contributed by atoms with E-state index in [0.29, 0.717) is 22.8 Å². The molecule has 0 aliphatic heterocycles. The molecule has 8 nitrogen and oxygen atoms in total. The summed E-state index contributed by atoms with van der Waals surface area (Å²) in [5, 5.41) is 10.8. The van der Waals surface area contributed by atoms with E-state index < -0.39 is 4.92 Å². The standard InChI is InChI=1S/C11H9NO4.C11H11NO2/c1-15-11-5-4-8(7-9(11)12(13)14)10-3-2-6-16-10;1-13-11-5-4-8(7-9(11)12)10-3-2-6-14-10/h2-7H,1H3;2-7H,12H2,1H3. The maximum atomic E-state index is 10.8. The second-order valence-electron chi connectivity index (χ2n) is 6.06. The second-order valence-corrected chi connectivity index (χ2v) is 6.06. The SMILES string of the molecule is COc1ccc(-c2ccco2)cc1N.COc1ccc(-c2ccco2)cc1[N+](=O)[O-]. The third-order valence-corrected chi connectivity index (χ3v) is 4.22. The summed E-state index contributed by atoms with van der Waals surface area (Å²) in [7, 11) is 2.99. The number of benzene rings is 2. The number of rotatable bonds is 5. The van der Waals surface area contributed by atoms with Crippen molar-refractivity contribution in [3.05, 3.63) is 83.3 Å². The first-order valence-corrected chi connectivity index (χ1v) is 8.87. The fourth-order valence-corrected chi connectivity index (χ4v) is 2.76. The predicted octanol–water partition coefficient (Wildman–Crippen LogP) is 5.40. The van der Waals surface area contributed by atoms with Gasteiger partial charge in [-0.25, -0.2) is 0 Å². The van der Waals surface area contributed by atoms with Crippen LogP contribution < -0.4 is 15.2 Å². The molecule has 2 aromatic carbocycles. The van der Waals surface area contributed by atoms with Gasteiger partial charge in [0.1, 0.15) is 17.3 Å². The molecule has 30 heavy (non-hydrogen) atoms. The van der Waals surface area contributed by atoms with Gasteiger partial charge in [-0.3, -0.25) is 10.1 Å². The van der Waals surface area contributed by atoms with Crippen LogP contribution in [-0.4, -0.2) is 19.1 Å². The molecule has 4 rings (SSSR count). The molecule has 4 aromatic rings. The zero-order chi connectivity index (χ0) is 21.5. The Labute approximate surface area is 172 Å². The minimum absolute atomic E-state index is 0.0728. The van der Waals surface area contributed by atoms with Gasteiger partial charge < -0.3 is 24.0 Å². The molecule has 0 aliphatic carbocycles. The first-order chi connectivity index (χ1) is 14.5. The van der Waals surface area contributed by atoms with Crippen LogP contribution in [0.25, 0.3) is 22.6 Å². The normalized spacial score (nSPS) is 10.1. The zero-order valence-electron chi connectivity index (χ0n) is 16.4. The van der Waals surface area contributed by atoms with Gasteiger partial charge in [0.2, 0.25) is 0 Å². The number of nitrogens with zero attached hydrogens (tertiary/aromatic N) is 1. The van der Waals surface area contributed by atoms with Crippen molar-refractivity contribution >= 4 is 11.4 Å². The molecular weight excluding hydrogens is 388 g/mol. The third-order valence-electron chi connectivity index (χ3n) is 4.22. The Hall–Kier alpha value is -4.20. The van der Waals surface area contributed by atoms with Crippen molar-refractivity contribution < 1.29 is 23.2 Å². The smallest absolute Gasteiger partial charge is 0.311 e.